The van der Waals surface area contributed by atoms with Crippen LogP contribution in [-0.2, 0) is 14.3 Å². The van der Waals surface area contributed by atoms with E-state index >= 15 is 0 Å². The number of carbonyl (C=O) groups excluding carboxylic acids is 1. The Kier molecular flexibility index (Phi) is 60.7. The molecule has 1 saturated heterocycles. The fourth-order valence-corrected chi connectivity index (χ4v) is 11.9. The Bertz CT molecular complexity index is 1410. The van der Waals surface area contributed by atoms with Crippen molar-refractivity contribution in [2.75, 3.05) is 13.2 Å². The smallest absolute Gasteiger partial charge is 0.220 e. The molecule has 0 saturated carbocycles. The van der Waals surface area contributed by atoms with Crippen LogP contribution in [0, 0.1) is 0 Å². The minimum Gasteiger partial charge on any atom is -0.394 e. The van der Waals surface area contributed by atoms with Crippen LogP contribution < -0.4 is 5.32 Å². The molecule has 1 amide bonds. The summed E-state index contributed by atoms with van der Waals surface area (Å²) in [6, 6.07) is -0.820. The Morgan fingerprint density at radius 1 is 0.398 bits per heavy atom. The van der Waals surface area contributed by atoms with Gasteiger partial charge in [0.1, 0.15) is 24.4 Å². The van der Waals surface area contributed by atoms with E-state index in [0.717, 1.165) is 38.5 Å². The number of aliphatic hydroxyl groups is 5. The van der Waals surface area contributed by atoms with Crippen LogP contribution in [0.5, 0.6) is 0 Å². The summed E-state index contributed by atoms with van der Waals surface area (Å²) in [5, 5.41) is 54.7. The van der Waals surface area contributed by atoms with Gasteiger partial charge >= 0.3 is 0 Å². The molecule has 7 unspecified atom stereocenters. The Labute approximate surface area is 514 Å². The Balaban J connectivity index is 2.03. The van der Waals surface area contributed by atoms with Gasteiger partial charge < -0.3 is 40.3 Å². The number of unbranched alkanes of at least 4 members (excludes halogenated alkanes) is 51. The number of rotatable bonds is 65. The number of carbonyl (C=O) groups is 1. The van der Waals surface area contributed by atoms with Gasteiger partial charge in [0.15, 0.2) is 6.29 Å². The van der Waals surface area contributed by atoms with Crippen LogP contribution in [0.15, 0.2) is 36.5 Å². The van der Waals surface area contributed by atoms with E-state index in [0.29, 0.717) is 6.42 Å². The highest BCUT2D eigenvalue weighted by Gasteiger charge is 2.44. The first-order valence-electron chi connectivity index (χ1n) is 36.7. The van der Waals surface area contributed by atoms with Gasteiger partial charge in [0.2, 0.25) is 5.91 Å². The summed E-state index contributed by atoms with van der Waals surface area (Å²) in [4.78, 5) is 13.1. The van der Waals surface area contributed by atoms with Crippen LogP contribution >= 0.6 is 0 Å². The molecule has 0 aromatic rings. The molecule has 7 atom stereocenters. The van der Waals surface area contributed by atoms with Gasteiger partial charge in [-0.2, -0.15) is 0 Å². The minimum atomic E-state index is -1.57. The SMILES string of the molecule is CCCCCCCCCC/C=C\CCCCCCCCCCCCCCCCCCCCCCCCCCCCCCCC(=O)NC(COC1OC(CO)C(O)C(O)C1O)C(O)/C=C/CC/C=C/CCCCCCCCCCCCCCC. The Morgan fingerprint density at radius 3 is 1.01 bits per heavy atom. The molecule has 9 nitrogen and oxygen atoms in total. The van der Waals surface area contributed by atoms with E-state index in [9.17, 15) is 30.3 Å². The van der Waals surface area contributed by atoms with Crippen molar-refractivity contribution in [1.29, 1.82) is 0 Å². The molecule has 9 heteroatoms. The number of hydrogen-bond acceptors (Lipinski definition) is 8. The first kappa shape index (κ1) is 79.4. The van der Waals surface area contributed by atoms with Gasteiger partial charge in [0.25, 0.3) is 0 Å². The molecule has 1 rings (SSSR count). The van der Waals surface area contributed by atoms with Crippen LogP contribution in [-0.4, -0.2) is 87.5 Å². The lowest BCUT2D eigenvalue weighted by Gasteiger charge is -2.40. The van der Waals surface area contributed by atoms with Crippen molar-refractivity contribution in [2.45, 2.75) is 416 Å². The van der Waals surface area contributed by atoms with E-state index < -0.39 is 49.5 Å². The van der Waals surface area contributed by atoms with E-state index in [1.54, 1.807) is 6.08 Å². The van der Waals surface area contributed by atoms with Gasteiger partial charge in [0, 0.05) is 6.42 Å². The highest BCUT2D eigenvalue weighted by molar-refractivity contribution is 5.76. The second-order valence-electron chi connectivity index (χ2n) is 25.7. The summed E-state index contributed by atoms with van der Waals surface area (Å²) in [6.45, 7) is 3.81. The van der Waals surface area contributed by atoms with Crippen molar-refractivity contribution in [3.63, 3.8) is 0 Å². The van der Waals surface area contributed by atoms with E-state index in [-0.39, 0.29) is 12.5 Å². The van der Waals surface area contributed by atoms with Crippen LogP contribution in [0.2, 0.25) is 0 Å². The van der Waals surface area contributed by atoms with Crippen LogP contribution in [0.3, 0.4) is 0 Å². The van der Waals surface area contributed by atoms with Gasteiger partial charge in [-0.15, -0.1) is 0 Å². The Hall–Kier alpha value is -1.59. The summed E-state index contributed by atoms with van der Waals surface area (Å²) < 4.78 is 11.3. The lowest BCUT2D eigenvalue weighted by molar-refractivity contribution is -0.302. The molecule has 0 aliphatic carbocycles. The number of nitrogens with one attached hydrogen (secondary N) is 1. The van der Waals surface area contributed by atoms with Crippen molar-refractivity contribution in [3.05, 3.63) is 36.5 Å². The van der Waals surface area contributed by atoms with Crippen LogP contribution in [0.4, 0.5) is 0 Å². The van der Waals surface area contributed by atoms with E-state index in [4.69, 9.17) is 9.47 Å². The lowest BCUT2D eigenvalue weighted by Crippen LogP contribution is -2.60. The third kappa shape index (κ3) is 52.1. The highest BCUT2D eigenvalue weighted by atomic mass is 16.7. The topological polar surface area (TPSA) is 149 Å². The summed E-state index contributed by atoms with van der Waals surface area (Å²) in [7, 11) is 0. The molecule has 6 N–H and O–H groups in total. The fraction of sp³-hybridized carbons (Fsp3) is 0.905. The quantitative estimate of drug-likeness (QED) is 0.0261. The largest absolute Gasteiger partial charge is 0.394 e. The van der Waals surface area contributed by atoms with E-state index in [1.165, 1.54) is 315 Å². The first-order valence-corrected chi connectivity index (χ1v) is 36.7. The molecule has 490 valence electrons. The Morgan fingerprint density at radius 2 is 0.687 bits per heavy atom. The molecule has 1 heterocycles. The van der Waals surface area contributed by atoms with Crippen molar-refractivity contribution < 1.29 is 39.8 Å². The number of hydrogen-bond donors (Lipinski definition) is 6. The lowest BCUT2D eigenvalue weighted by atomic mass is 9.99. The standard InChI is InChI=1S/C74H141NO8/c1-3-5-7-9-11-13-15-17-19-21-23-24-25-26-27-28-29-30-31-32-33-34-35-36-37-38-39-40-41-42-43-44-46-48-50-52-54-56-58-60-62-64-70(78)75-67(66-82-74-73(81)72(80)71(79)69(65-76)83-74)68(77)63-61-59-57-55-53-51-49-47-45-22-20-18-16-14-12-10-8-6-4-2/h21,23,53,55,61,63,67-69,71-74,76-77,79-81H,3-20,22,24-52,54,56-60,62,64-66H2,1-2H3,(H,75,78)/b23-21-,55-53+,63-61+. The maximum Gasteiger partial charge on any atom is 0.220 e. The average Bonchev–Trinajstić information content (AvgIpc) is 3.61. The fourth-order valence-electron chi connectivity index (χ4n) is 11.9. The molecular weight excluding hydrogens is 1030 g/mol. The molecule has 0 aromatic carbocycles. The number of aliphatic hydroxyl groups excluding tert-OH is 5. The van der Waals surface area contributed by atoms with Crippen LogP contribution in [0.1, 0.15) is 373 Å². The predicted molar refractivity (Wildman–Crippen MR) is 355 cm³/mol. The van der Waals surface area contributed by atoms with Crippen molar-refractivity contribution in [2.24, 2.45) is 0 Å². The normalized spacial score (nSPS) is 18.4. The third-order valence-corrected chi connectivity index (χ3v) is 17.7. The van der Waals surface area contributed by atoms with Gasteiger partial charge in [-0.05, 0) is 57.8 Å². The summed E-state index contributed by atoms with van der Waals surface area (Å²) in [5.74, 6) is -0.179. The summed E-state index contributed by atoms with van der Waals surface area (Å²) >= 11 is 0. The molecule has 0 bridgehead atoms. The highest BCUT2D eigenvalue weighted by Crippen LogP contribution is 2.24. The van der Waals surface area contributed by atoms with E-state index in [2.05, 4.69) is 43.5 Å². The van der Waals surface area contributed by atoms with E-state index in [1.807, 2.05) is 6.08 Å². The molecule has 0 radical (unpaired) electrons. The zero-order valence-electron chi connectivity index (χ0n) is 55.0. The zero-order valence-corrected chi connectivity index (χ0v) is 55.0. The summed E-state index contributed by atoms with van der Waals surface area (Å²) in [5.41, 5.74) is 0. The van der Waals surface area contributed by atoms with Crippen LogP contribution in [0.25, 0.3) is 0 Å². The molecule has 1 fully saturated rings. The monoisotopic (exact) mass is 1170 g/mol. The maximum atomic E-state index is 13.1. The molecule has 1 aliphatic heterocycles. The van der Waals surface area contributed by atoms with Crippen molar-refractivity contribution in [3.8, 4) is 0 Å². The zero-order chi connectivity index (χ0) is 60.0. The molecule has 83 heavy (non-hydrogen) atoms. The van der Waals surface area contributed by atoms with Gasteiger partial charge in [-0.1, -0.05) is 346 Å². The molecule has 0 aromatic heterocycles. The number of amides is 1. The predicted octanol–water partition coefficient (Wildman–Crippen LogP) is 20.2. The number of allylic oxidation sites excluding steroid dienone is 5. The van der Waals surface area contributed by atoms with Crippen molar-refractivity contribution in [1.82, 2.24) is 5.32 Å². The second-order valence-corrected chi connectivity index (χ2v) is 25.7. The minimum absolute atomic E-state index is 0.179. The van der Waals surface area contributed by atoms with Gasteiger partial charge in [-0.3, -0.25) is 4.79 Å². The summed E-state index contributed by atoms with van der Waals surface area (Å²) in [6.07, 6.45) is 78.6. The van der Waals surface area contributed by atoms with Gasteiger partial charge in [-0.25, -0.2) is 0 Å². The maximum absolute atomic E-state index is 13.1. The molecule has 0 spiro atoms. The number of ether oxygens (including phenoxy) is 2. The second kappa shape index (κ2) is 63.4. The average molecular weight is 1170 g/mol. The van der Waals surface area contributed by atoms with Crippen molar-refractivity contribution >= 4 is 5.91 Å². The first-order chi connectivity index (χ1) is 40.8. The molecule has 1 aliphatic rings. The third-order valence-electron chi connectivity index (χ3n) is 17.7. The molecular formula is C74H141NO8. The van der Waals surface area contributed by atoms with Gasteiger partial charge in [0.05, 0.1) is 25.4 Å².